The molecule has 1 aliphatic heterocycles. The van der Waals surface area contributed by atoms with Crippen LogP contribution < -0.4 is 0 Å². The van der Waals surface area contributed by atoms with Crippen LogP contribution in [0.1, 0.15) is 11.5 Å². The molecular formula is C14H18N2O2S. The summed E-state index contributed by atoms with van der Waals surface area (Å²) >= 11 is 4.36. The normalized spacial score (nSPS) is 17.8. The average Bonchev–Trinajstić information content (AvgIpc) is 2.42. The lowest BCUT2D eigenvalue weighted by molar-refractivity contribution is -0.148. The molecule has 0 aliphatic carbocycles. The quantitative estimate of drug-likeness (QED) is 0.835. The number of nitrogens with zero attached hydrogens (tertiary/aromatic N) is 2. The van der Waals surface area contributed by atoms with Crippen LogP contribution in [0.2, 0.25) is 0 Å². The van der Waals surface area contributed by atoms with Crippen LogP contribution in [0.15, 0.2) is 30.3 Å². The molecule has 2 amide bonds. The molecule has 0 N–H and O–H groups in total. The van der Waals surface area contributed by atoms with Gasteiger partial charge in [-0.05, 0) is 11.3 Å². The van der Waals surface area contributed by atoms with Gasteiger partial charge < -0.3 is 9.80 Å². The van der Waals surface area contributed by atoms with E-state index in [1.807, 2.05) is 30.3 Å². The Morgan fingerprint density at radius 2 is 1.84 bits per heavy atom. The third-order valence-corrected chi connectivity index (χ3v) is 3.85. The van der Waals surface area contributed by atoms with E-state index in [9.17, 15) is 9.59 Å². The van der Waals surface area contributed by atoms with Gasteiger partial charge in [0.1, 0.15) is 0 Å². The van der Waals surface area contributed by atoms with Crippen LogP contribution in [0.25, 0.3) is 0 Å². The molecule has 1 heterocycles. The molecule has 1 aliphatic rings. The highest BCUT2D eigenvalue weighted by Crippen LogP contribution is 2.19. The van der Waals surface area contributed by atoms with Crippen LogP contribution in [0, 0.1) is 0 Å². The van der Waals surface area contributed by atoms with Gasteiger partial charge in [-0.1, -0.05) is 30.3 Å². The summed E-state index contributed by atoms with van der Waals surface area (Å²) in [4.78, 5) is 26.7. The van der Waals surface area contributed by atoms with Crippen molar-refractivity contribution in [2.45, 2.75) is 5.92 Å². The molecule has 0 aromatic heterocycles. The van der Waals surface area contributed by atoms with Crippen molar-refractivity contribution in [1.29, 1.82) is 0 Å². The highest BCUT2D eigenvalue weighted by Gasteiger charge is 2.29. The second-order valence-corrected chi connectivity index (χ2v) is 5.18. The number of hydrogen-bond acceptors (Lipinski definition) is 3. The Bertz CT molecular complexity index is 464. The molecule has 102 valence electrons. The standard InChI is InChI=1S/C14H18N2O2S/c1-15-8-14(18)16(9-13(15)17)7-12(10-19)11-5-3-2-4-6-11/h2-6,12,19H,7-10H2,1H3. The van der Waals surface area contributed by atoms with Crippen LogP contribution in [0.4, 0.5) is 0 Å². The van der Waals surface area contributed by atoms with Gasteiger partial charge >= 0.3 is 0 Å². The number of benzene rings is 1. The second kappa shape index (κ2) is 6.10. The van der Waals surface area contributed by atoms with Crippen molar-refractivity contribution in [1.82, 2.24) is 9.80 Å². The van der Waals surface area contributed by atoms with Gasteiger partial charge in [-0.25, -0.2) is 0 Å². The molecule has 0 radical (unpaired) electrons. The largest absolute Gasteiger partial charge is 0.335 e. The summed E-state index contributed by atoms with van der Waals surface area (Å²) < 4.78 is 0. The van der Waals surface area contributed by atoms with Crippen LogP contribution >= 0.6 is 12.6 Å². The molecular weight excluding hydrogens is 260 g/mol. The van der Waals surface area contributed by atoms with Crippen LogP contribution in [-0.4, -0.2) is 54.0 Å². The number of piperazine rings is 1. The van der Waals surface area contributed by atoms with E-state index in [1.165, 1.54) is 4.90 Å². The highest BCUT2D eigenvalue weighted by molar-refractivity contribution is 7.80. The summed E-state index contributed by atoms with van der Waals surface area (Å²) in [6, 6.07) is 9.97. The van der Waals surface area contributed by atoms with Crippen molar-refractivity contribution >= 4 is 24.4 Å². The average molecular weight is 278 g/mol. The van der Waals surface area contributed by atoms with E-state index in [0.717, 1.165) is 5.56 Å². The van der Waals surface area contributed by atoms with Gasteiger partial charge in [0.05, 0.1) is 13.1 Å². The monoisotopic (exact) mass is 278 g/mol. The lowest BCUT2D eigenvalue weighted by Crippen LogP contribution is -2.53. The molecule has 1 saturated heterocycles. The topological polar surface area (TPSA) is 40.6 Å². The third-order valence-electron chi connectivity index (χ3n) is 3.41. The Labute approximate surface area is 118 Å². The first-order chi connectivity index (χ1) is 9.11. The van der Waals surface area contributed by atoms with Crippen molar-refractivity contribution in [3.05, 3.63) is 35.9 Å². The Morgan fingerprint density at radius 3 is 2.47 bits per heavy atom. The smallest absolute Gasteiger partial charge is 0.242 e. The Morgan fingerprint density at radius 1 is 1.16 bits per heavy atom. The van der Waals surface area contributed by atoms with E-state index in [1.54, 1.807) is 11.9 Å². The summed E-state index contributed by atoms with van der Waals surface area (Å²) in [5.74, 6) is 0.803. The van der Waals surface area contributed by atoms with Gasteiger partial charge in [0.2, 0.25) is 11.8 Å². The van der Waals surface area contributed by atoms with Crippen LogP contribution in [-0.2, 0) is 9.59 Å². The lowest BCUT2D eigenvalue weighted by atomic mass is 10.00. The third kappa shape index (κ3) is 3.29. The lowest BCUT2D eigenvalue weighted by Gasteiger charge is -2.33. The van der Waals surface area contributed by atoms with Crippen molar-refractivity contribution in [2.24, 2.45) is 0 Å². The summed E-state index contributed by atoms with van der Waals surface area (Å²) in [5, 5.41) is 0. The summed E-state index contributed by atoms with van der Waals surface area (Å²) in [6.45, 7) is 0.894. The number of carbonyl (C=O) groups is 2. The van der Waals surface area contributed by atoms with Crippen LogP contribution in [0.5, 0.6) is 0 Å². The minimum absolute atomic E-state index is 0.00446. The van der Waals surface area contributed by atoms with Crippen molar-refractivity contribution < 1.29 is 9.59 Å². The second-order valence-electron chi connectivity index (χ2n) is 4.81. The fraction of sp³-hybridized carbons (Fsp3) is 0.429. The predicted octanol–water partition coefficient (Wildman–Crippen LogP) is 1.00. The van der Waals surface area contributed by atoms with Gasteiger partial charge in [0.15, 0.2) is 0 Å². The molecule has 4 nitrogen and oxygen atoms in total. The Balaban J connectivity index is 2.06. The number of hydrogen-bond donors (Lipinski definition) is 1. The van der Waals surface area contributed by atoms with Gasteiger partial charge in [0.25, 0.3) is 0 Å². The first-order valence-corrected chi connectivity index (χ1v) is 6.92. The summed E-state index contributed by atoms with van der Waals surface area (Å²) in [7, 11) is 1.66. The minimum Gasteiger partial charge on any atom is -0.335 e. The first kappa shape index (κ1) is 13.9. The van der Waals surface area contributed by atoms with E-state index in [4.69, 9.17) is 0 Å². The molecule has 5 heteroatoms. The molecule has 1 aromatic carbocycles. The zero-order valence-electron chi connectivity index (χ0n) is 11.0. The van der Waals surface area contributed by atoms with E-state index in [2.05, 4.69) is 12.6 Å². The maximum atomic E-state index is 11.9. The summed E-state index contributed by atoms with van der Waals surface area (Å²) in [6.07, 6.45) is 0. The molecule has 0 saturated carbocycles. The number of amides is 2. The molecule has 1 atom stereocenters. The van der Waals surface area contributed by atoms with Gasteiger partial charge in [-0.2, -0.15) is 12.6 Å². The predicted molar refractivity (Wildman–Crippen MR) is 77.3 cm³/mol. The minimum atomic E-state index is -0.00873. The highest BCUT2D eigenvalue weighted by atomic mass is 32.1. The molecule has 0 bridgehead atoms. The molecule has 0 spiro atoms. The van der Waals surface area contributed by atoms with E-state index in [0.29, 0.717) is 12.3 Å². The number of carbonyl (C=O) groups excluding carboxylic acids is 2. The summed E-state index contributed by atoms with van der Waals surface area (Å²) in [5.41, 5.74) is 1.15. The zero-order valence-corrected chi connectivity index (χ0v) is 11.8. The molecule has 2 rings (SSSR count). The molecule has 19 heavy (non-hydrogen) atoms. The SMILES string of the molecule is CN1CC(=O)N(CC(CS)c2ccccc2)CC1=O. The molecule has 1 fully saturated rings. The van der Waals surface area contributed by atoms with Crippen molar-refractivity contribution in [3.8, 4) is 0 Å². The zero-order chi connectivity index (χ0) is 13.8. The Kier molecular flexibility index (Phi) is 4.47. The van der Waals surface area contributed by atoms with E-state index in [-0.39, 0.29) is 30.8 Å². The van der Waals surface area contributed by atoms with Gasteiger partial charge in [-0.3, -0.25) is 9.59 Å². The van der Waals surface area contributed by atoms with Crippen molar-refractivity contribution in [2.75, 3.05) is 32.4 Å². The number of likely N-dealkylation sites (N-methyl/N-ethyl adjacent to an activating group) is 1. The first-order valence-electron chi connectivity index (χ1n) is 6.29. The molecule has 1 unspecified atom stereocenters. The van der Waals surface area contributed by atoms with E-state index >= 15 is 0 Å². The number of rotatable bonds is 4. The van der Waals surface area contributed by atoms with E-state index < -0.39 is 0 Å². The fourth-order valence-corrected chi connectivity index (χ4v) is 2.52. The fourth-order valence-electron chi connectivity index (χ4n) is 2.19. The van der Waals surface area contributed by atoms with Gasteiger partial charge in [-0.15, -0.1) is 0 Å². The number of thiol groups is 1. The van der Waals surface area contributed by atoms with Gasteiger partial charge in [0, 0.05) is 19.5 Å². The maximum absolute atomic E-state index is 11.9. The maximum Gasteiger partial charge on any atom is 0.242 e. The van der Waals surface area contributed by atoms with Crippen molar-refractivity contribution in [3.63, 3.8) is 0 Å². The Hall–Kier alpha value is -1.49. The molecule has 1 aromatic rings. The van der Waals surface area contributed by atoms with Crippen LogP contribution in [0.3, 0.4) is 0 Å².